The molecule has 7 nitrogen and oxygen atoms in total. The number of hydrogen-bond acceptors (Lipinski definition) is 5. The third-order valence-corrected chi connectivity index (χ3v) is 1.56. The summed E-state index contributed by atoms with van der Waals surface area (Å²) in [6.07, 6.45) is -1.88. The molecular weight excluding hydrogens is 242 g/mol. The van der Waals surface area contributed by atoms with Gasteiger partial charge in [0.05, 0.1) is 6.61 Å². The van der Waals surface area contributed by atoms with Crippen molar-refractivity contribution in [2.24, 2.45) is 0 Å². The number of amides is 1. The van der Waals surface area contributed by atoms with Crippen LogP contribution in [0.1, 0.15) is 27.7 Å². The molecule has 1 amide bonds. The van der Waals surface area contributed by atoms with Crippen LogP contribution >= 0.6 is 0 Å². The van der Waals surface area contributed by atoms with Crippen LogP contribution in [0.2, 0.25) is 0 Å². The van der Waals surface area contributed by atoms with Crippen LogP contribution in [-0.2, 0) is 19.0 Å². The Labute approximate surface area is 106 Å². The van der Waals surface area contributed by atoms with Gasteiger partial charge in [0.2, 0.25) is 0 Å². The Morgan fingerprint density at radius 1 is 1.28 bits per heavy atom. The van der Waals surface area contributed by atoms with Gasteiger partial charge in [0, 0.05) is 13.2 Å². The molecular formula is C11H21NO6. The molecule has 0 saturated carbocycles. The standard InChI is InChI=1S/C11H21NO6/c1-5-16-9(8(13)14)17-7-6-12-10(15)18-11(2,3)4/h9H,5-7H2,1-4H3,(H,12,15)(H,13,14). The van der Waals surface area contributed by atoms with Crippen molar-refractivity contribution < 1.29 is 28.9 Å². The molecule has 0 radical (unpaired) electrons. The minimum atomic E-state index is -1.31. The van der Waals surface area contributed by atoms with Crippen molar-refractivity contribution in [2.45, 2.75) is 39.6 Å². The molecule has 18 heavy (non-hydrogen) atoms. The van der Waals surface area contributed by atoms with E-state index in [0.717, 1.165) is 0 Å². The lowest BCUT2D eigenvalue weighted by atomic mass is 10.2. The summed E-state index contributed by atoms with van der Waals surface area (Å²) in [5.74, 6) is -1.20. The van der Waals surface area contributed by atoms with Gasteiger partial charge >= 0.3 is 12.1 Å². The minimum Gasteiger partial charge on any atom is -0.477 e. The number of rotatable bonds is 7. The number of alkyl carbamates (subject to hydrolysis) is 1. The molecule has 0 spiro atoms. The van der Waals surface area contributed by atoms with Crippen LogP contribution in [0.5, 0.6) is 0 Å². The molecule has 0 aromatic heterocycles. The summed E-state index contributed by atoms with van der Waals surface area (Å²) in [5, 5.41) is 11.1. The number of nitrogens with one attached hydrogen (secondary N) is 1. The fraction of sp³-hybridized carbons (Fsp3) is 0.818. The average Bonchev–Trinajstić information content (AvgIpc) is 2.19. The third-order valence-electron chi connectivity index (χ3n) is 1.56. The van der Waals surface area contributed by atoms with E-state index < -0.39 is 24.0 Å². The molecule has 0 bridgehead atoms. The van der Waals surface area contributed by atoms with E-state index >= 15 is 0 Å². The van der Waals surface area contributed by atoms with Gasteiger partial charge in [0.15, 0.2) is 0 Å². The molecule has 0 aliphatic heterocycles. The monoisotopic (exact) mass is 263 g/mol. The zero-order valence-corrected chi connectivity index (χ0v) is 11.2. The molecule has 0 aromatic rings. The van der Waals surface area contributed by atoms with E-state index in [-0.39, 0.29) is 19.8 Å². The van der Waals surface area contributed by atoms with E-state index in [1.54, 1.807) is 27.7 Å². The maximum Gasteiger partial charge on any atom is 0.407 e. The molecule has 1 atom stereocenters. The average molecular weight is 263 g/mol. The number of carboxylic acid groups (broad SMARTS) is 1. The Bertz CT molecular complexity index is 273. The highest BCUT2D eigenvalue weighted by atomic mass is 16.7. The molecule has 0 rings (SSSR count). The van der Waals surface area contributed by atoms with Gasteiger partial charge in [0.1, 0.15) is 5.60 Å². The van der Waals surface area contributed by atoms with E-state index in [1.807, 2.05) is 0 Å². The second-order valence-electron chi connectivity index (χ2n) is 4.42. The van der Waals surface area contributed by atoms with E-state index in [9.17, 15) is 9.59 Å². The minimum absolute atomic E-state index is 0.0240. The SMILES string of the molecule is CCOC(OCCNC(=O)OC(C)(C)C)C(=O)O. The number of ether oxygens (including phenoxy) is 3. The first-order valence-electron chi connectivity index (χ1n) is 5.69. The zero-order chi connectivity index (χ0) is 14.2. The van der Waals surface area contributed by atoms with Crippen LogP contribution in [0.15, 0.2) is 0 Å². The molecule has 1 unspecified atom stereocenters. The fourth-order valence-corrected chi connectivity index (χ4v) is 0.975. The van der Waals surface area contributed by atoms with Crippen LogP contribution in [-0.4, -0.2) is 48.8 Å². The molecule has 0 aliphatic rings. The summed E-state index contributed by atoms with van der Waals surface area (Å²) < 4.78 is 14.7. The second kappa shape index (κ2) is 7.88. The number of carbonyl (C=O) groups is 2. The fourth-order valence-electron chi connectivity index (χ4n) is 0.975. The van der Waals surface area contributed by atoms with E-state index in [2.05, 4.69) is 5.32 Å². The van der Waals surface area contributed by atoms with Crippen molar-refractivity contribution in [3.05, 3.63) is 0 Å². The first kappa shape index (κ1) is 16.7. The Morgan fingerprint density at radius 3 is 2.33 bits per heavy atom. The molecule has 106 valence electrons. The number of carboxylic acids is 1. The molecule has 2 N–H and O–H groups in total. The van der Waals surface area contributed by atoms with Crippen molar-refractivity contribution in [1.82, 2.24) is 5.32 Å². The lowest BCUT2D eigenvalue weighted by Gasteiger charge is -2.20. The molecule has 0 fully saturated rings. The smallest absolute Gasteiger partial charge is 0.407 e. The van der Waals surface area contributed by atoms with Gasteiger partial charge in [-0.15, -0.1) is 0 Å². The Balaban J connectivity index is 3.78. The summed E-state index contributed by atoms with van der Waals surface area (Å²) >= 11 is 0. The summed E-state index contributed by atoms with van der Waals surface area (Å²) in [5.41, 5.74) is -0.570. The second-order valence-corrected chi connectivity index (χ2v) is 4.42. The topological polar surface area (TPSA) is 94.1 Å². The van der Waals surface area contributed by atoms with Gasteiger partial charge in [-0.25, -0.2) is 9.59 Å². The third kappa shape index (κ3) is 8.77. The van der Waals surface area contributed by atoms with Gasteiger partial charge < -0.3 is 24.6 Å². The predicted molar refractivity (Wildman–Crippen MR) is 63.2 cm³/mol. The van der Waals surface area contributed by atoms with Crippen LogP contribution in [0.4, 0.5) is 4.79 Å². The zero-order valence-electron chi connectivity index (χ0n) is 11.2. The largest absolute Gasteiger partial charge is 0.477 e. The predicted octanol–water partition coefficient (Wildman–Crippen LogP) is 0.975. The van der Waals surface area contributed by atoms with Crippen LogP contribution in [0, 0.1) is 0 Å². The summed E-state index contributed by atoms with van der Waals surface area (Å²) in [7, 11) is 0. The van der Waals surface area contributed by atoms with E-state index in [1.165, 1.54) is 0 Å². The maximum absolute atomic E-state index is 11.2. The van der Waals surface area contributed by atoms with Gasteiger partial charge in [0.25, 0.3) is 6.29 Å². The number of aliphatic carboxylic acids is 1. The molecule has 0 heterocycles. The lowest BCUT2D eigenvalue weighted by molar-refractivity contribution is -0.187. The van der Waals surface area contributed by atoms with Gasteiger partial charge in [-0.3, -0.25) is 0 Å². The van der Waals surface area contributed by atoms with Crippen LogP contribution < -0.4 is 5.32 Å². The summed E-state index contributed by atoms with van der Waals surface area (Å²) in [6.45, 7) is 7.31. The Morgan fingerprint density at radius 2 is 1.89 bits per heavy atom. The van der Waals surface area contributed by atoms with Gasteiger partial charge in [-0.05, 0) is 27.7 Å². The molecule has 0 aliphatic carbocycles. The highest BCUT2D eigenvalue weighted by Crippen LogP contribution is 2.06. The highest BCUT2D eigenvalue weighted by Gasteiger charge is 2.18. The Hall–Kier alpha value is -1.34. The molecule has 0 saturated heterocycles. The first-order chi connectivity index (χ1) is 8.26. The van der Waals surface area contributed by atoms with Crippen LogP contribution in [0.25, 0.3) is 0 Å². The van der Waals surface area contributed by atoms with Crippen molar-refractivity contribution in [2.75, 3.05) is 19.8 Å². The highest BCUT2D eigenvalue weighted by molar-refractivity contribution is 5.70. The lowest BCUT2D eigenvalue weighted by Crippen LogP contribution is -2.36. The molecule has 0 aromatic carbocycles. The van der Waals surface area contributed by atoms with Crippen molar-refractivity contribution in [1.29, 1.82) is 0 Å². The van der Waals surface area contributed by atoms with Crippen molar-refractivity contribution in [3.8, 4) is 0 Å². The van der Waals surface area contributed by atoms with Crippen molar-refractivity contribution in [3.63, 3.8) is 0 Å². The van der Waals surface area contributed by atoms with E-state index in [4.69, 9.17) is 19.3 Å². The normalized spacial score (nSPS) is 12.9. The van der Waals surface area contributed by atoms with Crippen LogP contribution in [0.3, 0.4) is 0 Å². The number of carbonyl (C=O) groups excluding carboxylic acids is 1. The number of hydrogen-bond donors (Lipinski definition) is 2. The maximum atomic E-state index is 11.2. The van der Waals surface area contributed by atoms with Gasteiger partial charge in [-0.2, -0.15) is 0 Å². The van der Waals surface area contributed by atoms with Crippen molar-refractivity contribution >= 4 is 12.1 Å². The quantitative estimate of drug-likeness (QED) is 0.525. The van der Waals surface area contributed by atoms with E-state index in [0.29, 0.717) is 0 Å². The summed E-state index contributed by atoms with van der Waals surface area (Å²) in [4.78, 5) is 21.9. The molecule has 7 heteroatoms. The Kier molecular flexibility index (Phi) is 7.30. The van der Waals surface area contributed by atoms with Gasteiger partial charge in [-0.1, -0.05) is 0 Å². The summed E-state index contributed by atoms with van der Waals surface area (Å²) in [6, 6.07) is 0. The first-order valence-corrected chi connectivity index (χ1v) is 5.69.